The second kappa shape index (κ2) is 3.62. The average Bonchev–Trinajstić information content (AvgIpc) is 1.62. The van der Waals surface area contributed by atoms with E-state index in [4.69, 9.17) is 39.9 Å². The molecule has 0 rings (SSSR count). The van der Waals surface area contributed by atoms with Gasteiger partial charge in [0.05, 0.1) is 0 Å². The maximum atomic E-state index is 9.76. The molecule has 0 radical (unpaired) electrons. The molecule has 0 aliphatic heterocycles. The molecule has 0 saturated carbocycles. The summed E-state index contributed by atoms with van der Waals surface area (Å²) in [7, 11) is 0. The highest BCUT2D eigenvalue weighted by Gasteiger charge is 2.23. The van der Waals surface area contributed by atoms with Crippen molar-refractivity contribution in [2.24, 2.45) is 0 Å². The average molecular weight is 191 g/mol. The lowest BCUT2D eigenvalue weighted by Crippen LogP contribution is -2.17. The van der Waals surface area contributed by atoms with Crippen molar-refractivity contribution in [3.8, 4) is 0 Å². The highest BCUT2D eigenvalue weighted by atomic mass is 35.6. The van der Waals surface area contributed by atoms with Gasteiger partial charge >= 0.3 is 0 Å². The Bertz CT molecular complexity index is 98.5. The molecule has 0 aliphatic carbocycles. The monoisotopic (exact) mass is 190 g/mol. The highest BCUT2D eigenvalue weighted by molar-refractivity contribution is 6.67. The van der Waals surface area contributed by atoms with Gasteiger partial charge in [-0.05, 0) is 0 Å². The van der Waals surface area contributed by atoms with Crippen LogP contribution in [0, 0.1) is 0 Å². The van der Waals surface area contributed by atoms with E-state index in [1.807, 2.05) is 0 Å². The fourth-order valence-electron chi connectivity index (χ4n) is 0.285. The van der Waals surface area contributed by atoms with Gasteiger partial charge in [-0.15, -0.1) is 0 Å². The largest absolute Gasteiger partial charge is 0.385 e. The number of hydrogen-bond acceptors (Lipinski definition) is 2. The summed E-state index contributed by atoms with van der Waals surface area (Å²) in [5, 5.41) is 8.57. The van der Waals surface area contributed by atoms with E-state index in [1.54, 1.807) is 0 Å². The van der Waals surface area contributed by atoms with E-state index in [0.717, 1.165) is 0 Å². The van der Waals surface area contributed by atoms with E-state index >= 15 is 0 Å². The number of rotatable bonds is 2. The van der Waals surface area contributed by atoms with Crippen LogP contribution < -0.4 is 0 Å². The third kappa shape index (κ3) is 6.38. The zero-order valence-corrected chi connectivity index (χ0v) is 6.62. The van der Waals surface area contributed by atoms with Crippen LogP contribution in [-0.2, 0) is 4.79 Å². The molecule has 5 heteroatoms. The molecule has 0 fully saturated rings. The smallest absolute Gasteiger partial charge is 0.193 e. The summed E-state index contributed by atoms with van der Waals surface area (Å²) in [4.78, 5) is 9.76. The summed E-state index contributed by atoms with van der Waals surface area (Å²) >= 11 is 15.7. The molecular formula is C4H5Cl3O2. The summed E-state index contributed by atoms with van der Waals surface area (Å²) in [6, 6.07) is 0. The fourth-order valence-corrected chi connectivity index (χ4v) is 0.760. The lowest BCUT2D eigenvalue weighted by atomic mass is 10.3. The van der Waals surface area contributed by atoms with Crippen LogP contribution in [0.2, 0.25) is 0 Å². The van der Waals surface area contributed by atoms with Crippen molar-refractivity contribution in [2.45, 2.75) is 16.3 Å². The van der Waals surface area contributed by atoms with Crippen molar-refractivity contribution in [3.63, 3.8) is 0 Å². The van der Waals surface area contributed by atoms with Crippen molar-refractivity contribution < 1.29 is 9.90 Å². The molecule has 0 aromatic carbocycles. The predicted octanol–water partition coefficient (Wildman–Crippen LogP) is 1.31. The minimum absolute atomic E-state index is 0.166. The van der Waals surface area contributed by atoms with Crippen LogP contribution in [0.5, 0.6) is 0 Å². The predicted molar refractivity (Wildman–Crippen MR) is 37.0 cm³/mol. The molecule has 0 aliphatic rings. The van der Waals surface area contributed by atoms with Gasteiger partial charge in [0.15, 0.2) is 3.79 Å². The van der Waals surface area contributed by atoms with Crippen LogP contribution in [0.25, 0.3) is 0 Å². The number of alkyl halides is 3. The summed E-state index contributed by atoms with van der Waals surface area (Å²) in [5.74, 6) is 0. The quantitative estimate of drug-likeness (QED) is 0.528. The minimum atomic E-state index is -1.54. The van der Waals surface area contributed by atoms with E-state index < -0.39 is 9.90 Å². The lowest BCUT2D eigenvalue weighted by Gasteiger charge is -2.10. The molecule has 0 aromatic heterocycles. The molecule has 0 spiro atoms. The van der Waals surface area contributed by atoms with Gasteiger partial charge < -0.3 is 9.90 Å². The van der Waals surface area contributed by atoms with Gasteiger partial charge in [0.2, 0.25) is 0 Å². The Hall–Kier alpha value is 0.500. The first kappa shape index (κ1) is 9.50. The summed E-state index contributed by atoms with van der Waals surface area (Å²) in [5.41, 5.74) is 0. The van der Waals surface area contributed by atoms with Gasteiger partial charge in [-0.2, -0.15) is 0 Å². The van der Waals surface area contributed by atoms with Crippen molar-refractivity contribution in [2.75, 3.05) is 0 Å². The third-order valence-corrected chi connectivity index (χ3v) is 1.06. The van der Waals surface area contributed by atoms with Gasteiger partial charge in [-0.1, -0.05) is 34.8 Å². The van der Waals surface area contributed by atoms with E-state index in [1.165, 1.54) is 0 Å². The summed E-state index contributed by atoms with van der Waals surface area (Å²) < 4.78 is -1.54. The number of carbonyl (C=O) groups excluding carboxylic acids is 1. The second-order valence-corrected chi connectivity index (χ2v) is 4.04. The van der Waals surface area contributed by atoms with Crippen LogP contribution in [0.3, 0.4) is 0 Å². The number of aldehydes is 1. The van der Waals surface area contributed by atoms with E-state index in [-0.39, 0.29) is 6.42 Å². The van der Waals surface area contributed by atoms with Crippen LogP contribution in [0.4, 0.5) is 0 Å². The zero-order valence-electron chi connectivity index (χ0n) is 4.35. The van der Waals surface area contributed by atoms with Crippen LogP contribution >= 0.6 is 34.8 Å². The van der Waals surface area contributed by atoms with Crippen molar-refractivity contribution in [1.29, 1.82) is 0 Å². The molecule has 0 aromatic rings. The lowest BCUT2D eigenvalue weighted by molar-refractivity contribution is -0.115. The molecule has 1 atom stereocenters. The fraction of sp³-hybridized carbons (Fsp3) is 0.750. The maximum Gasteiger partial charge on any atom is 0.193 e. The minimum Gasteiger partial charge on any atom is -0.385 e. The maximum absolute atomic E-state index is 9.76. The Labute approximate surface area is 67.7 Å². The number of aliphatic hydroxyl groups excluding tert-OH is 1. The molecule has 0 bridgehead atoms. The van der Waals surface area contributed by atoms with E-state index in [9.17, 15) is 4.79 Å². The second-order valence-electron chi connectivity index (χ2n) is 1.52. The normalized spacial score (nSPS) is 15.1. The number of aliphatic hydroxyl groups is 1. The first-order valence-corrected chi connectivity index (χ1v) is 3.29. The van der Waals surface area contributed by atoms with Crippen LogP contribution in [-0.4, -0.2) is 21.3 Å². The number of hydrogen-bond donors (Lipinski definition) is 1. The third-order valence-electron chi connectivity index (χ3n) is 0.598. The Morgan fingerprint density at radius 3 is 2.11 bits per heavy atom. The van der Waals surface area contributed by atoms with E-state index in [0.29, 0.717) is 6.29 Å². The van der Waals surface area contributed by atoms with Gasteiger partial charge in [0.25, 0.3) is 0 Å². The summed E-state index contributed by atoms with van der Waals surface area (Å²) in [6.07, 6.45) is -1.03. The SMILES string of the molecule is O=CC(O)CC(Cl)(Cl)Cl. The zero-order chi connectivity index (χ0) is 7.49. The Morgan fingerprint density at radius 1 is 1.56 bits per heavy atom. The number of carbonyl (C=O) groups is 1. The molecule has 9 heavy (non-hydrogen) atoms. The molecule has 1 N–H and O–H groups in total. The molecule has 54 valence electrons. The van der Waals surface area contributed by atoms with Gasteiger partial charge in [0, 0.05) is 6.42 Å². The Kier molecular flexibility index (Phi) is 3.82. The Morgan fingerprint density at radius 2 is 2.00 bits per heavy atom. The molecule has 2 nitrogen and oxygen atoms in total. The molecule has 0 saturated heterocycles. The van der Waals surface area contributed by atoms with Crippen LogP contribution in [0.15, 0.2) is 0 Å². The van der Waals surface area contributed by atoms with Crippen molar-refractivity contribution in [1.82, 2.24) is 0 Å². The highest BCUT2D eigenvalue weighted by Crippen LogP contribution is 2.30. The first-order valence-electron chi connectivity index (χ1n) is 2.16. The Balaban J connectivity index is 3.59. The van der Waals surface area contributed by atoms with Gasteiger partial charge in [-0.3, -0.25) is 0 Å². The van der Waals surface area contributed by atoms with E-state index in [2.05, 4.69) is 0 Å². The molecule has 0 heterocycles. The summed E-state index contributed by atoms with van der Waals surface area (Å²) in [6.45, 7) is 0. The molecular weight excluding hydrogens is 186 g/mol. The van der Waals surface area contributed by atoms with Crippen LogP contribution in [0.1, 0.15) is 6.42 Å². The van der Waals surface area contributed by atoms with Gasteiger partial charge in [0.1, 0.15) is 12.4 Å². The van der Waals surface area contributed by atoms with Crippen molar-refractivity contribution >= 4 is 41.1 Å². The topological polar surface area (TPSA) is 37.3 Å². The standard InChI is InChI=1S/C4H5Cl3O2/c5-4(6,7)1-3(9)2-8/h2-3,9H,1H2. The van der Waals surface area contributed by atoms with Gasteiger partial charge in [-0.25, -0.2) is 0 Å². The first-order chi connectivity index (χ1) is 3.95. The van der Waals surface area contributed by atoms with Crippen molar-refractivity contribution in [3.05, 3.63) is 0 Å². The molecule has 1 unspecified atom stereocenters. The number of halogens is 3. The molecule has 0 amide bonds.